The highest BCUT2D eigenvalue weighted by Crippen LogP contribution is 2.44. The highest BCUT2D eigenvalue weighted by Gasteiger charge is 2.40. The van der Waals surface area contributed by atoms with Gasteiger partial charge in [0.2, 0.25) is 5.91 Å². The molecule has 3 unspecified atom stereocenters. The minimum atomic E-state index is 0.218. The number of ether oxygens (including phenoxy) is 1. The second-order valence-corrected chi connectivity index (χ2v) is 7.81. The summed E-state index contributed by atoms with van der Waals surface area (Å²) < 4.78 is 5.22. The molecule has 4 rings (SSSR count). The molecule has 1 saturated heterocycles. The number of carbonyl (C=O) groups excluding carboxylic acids is 1. The first-order valence-electron chi connectivity index (χ1n) is 9.62. The van der Waals surface area contributed by atoms with Crippen molar-refractivity contribution in [2.75, 3.05) is 44.7 Å². The van der Waals surface area contributed by atoms with Crippen LogP contribution in [0, 0.1) is 11.8 Å². The van der Waals surface area contributed by atoms with Gasteiger partial charge in [0.25, 0.3) is 0 Å². The number of nitrogens with one attached hydrogen (secondary N) is 1. The summed E-state index contributed by atoms with van der Waals surface area (Å²) in [4.78, 5) is 17.0. The zero-order chi connectivity index (χ0) is 17.2. The third-order valence-electron chi connectivity index (χ3n) is 6.26. The van der Waals surface area contributed by atoms with E-state index in [4.69, 9.17) is 4.74 Å². The van der Waals surface area contributed by atoms with Crippen LogP contribution < -0.4 is 15.0 Å². The third-order valence-corrected chi connectivity index (χ3v) is 6.26. The second-order valence-electron chi connectivity index (χ2n) is 7.81. The molecule has 1 amide bonds. The average Bonchev–Trinajstić information content (AvgIpc) is 3.25. The van der Waals surface area contributed by atoms with Gasteiger partial charge in [0.15, 0.2) is 0 Å². The second kappa shape index (κ2) is 7.24. The molecule has 2 saturated carbocycles. The molecule has 2 bridgehead atoms. The topological polar surface area (TPSA) is 44.8 Å². The van der Waals surface area contributed by atoms with Crippen molar-refractivity contribution in [1.82, 2.24) is 10.2 Å². The lowest BCUT2D eigenvalue weighted by Crippen LogP contribution is -2.51. The molecule has 1 N–H and O–H groups in total. The first kappa shape index (κ1) is 16.7. The van der Waals surface area contributed by atoms with Crippen LogP contribution in [0.3, 0.4) is 0 Å². The smallest absolute Gasteiger partial charge is 0.234 e. The van der Waals surface area contributed by atoms with Gasteiger partial charge in [-0.3, -0.25) is 9.69 Å². The normalized spacial score (nSPS) is 29.0. The van der Waals surface area contributed by atoms with Crippen LogP contribution in [0.15, 0.2) is 24.3 Å². The van der Waals surface area contributed by atoms with Gasteiger partial charge in [0.05, 0.1) is 13.7 Å². The summed E-state index contributed by atoms with van der Waals surface area (Å²) in [6.45, 7) is 4.36. The highest BCUT2D eigenvalue weighted by molar-refractivity contribution is 5.78. The van der Waals surface area contributed by atoms with Gasteiger partial charge in [0.1, 0.15) is 5.75 Å². The molecule has 25 heavy (non-hydrogen) atoms. The van der Waals surface area contributed by atoms with Gasteiger partial charge in [-0.15, -0.1) is 0 Å². The maximum absolute atomic E-state index is 12.4. The molecular weight excluding hydrogens is 314 g/mol. The summed E-state index contributed by atoms with van der Waals surface area (Å²) >= 11 is 0. The molecule has 0 aromatic heterocycles. The number of nitrogens with zero attached hydrogens (tertiary/aromatic N) is 2. The minimum absolute atomic E-state index is 0.218. The number of hydrogen-bond donors (Lipinski definition) is 1. The molecule has 1 aromatic carbocycles. The van der Waals surface area contributed by atoms with E-state index in [1.807, 2.05) is 12.1 Å². The first-order valence-corrected chi connectivity index (χ1v) is 9.62. The molecule has 5 nitrogen and oxygen atoms in total. The van der Waals surface area contributed by atoms with Crippen LogP contribution in [0.1, 0.15) is 25.7 Å². The lowest BCUT2D eigenvalue weighted by Gasteiger charge is -2.36. The van der Waals surface area contributed by atoms with E-state index in [1.165, 1.54) is 31.4 Å². The van der Waals surface area contributed by atoms with Gasteiger partial charge in [-0.2, -0.15) is 0 Å². The van der Waals surface area contributed by atoms with Crippen LogP contribution in [0.25, 0.3) is 0 Å². The zero-order valence-corrected chi connectivity index (χ0v) is 15.1. The molecule has 5 heteroatoms. The van der Waals surface area contributed by atoms with Crippen molar-refractivity contribution in [3.63, 3.8) is 0 Å². The number of methoxy groups -OCH3 is 1. The van der Waals surface area contributed by atoms with E-state index >= 15 is 0 Å². The number of piperazine rings is 1. The van der Waals surface area contributed by atoms with E-state index in [0.717, 1.165) is 43.8 Å². The van der Waals surface area contributed by atoms with Gasteiger partial charge in [-0.25, -0.2) is 0 Å². The summed E-state index contributed by atoms with van der Waals surface area (Å²) in [5.74, 6) is 2.74. The number of carbonyl (C=O) groups is 1. The molecule has 1 aromatic rings. The molecule has 1 aliphatic heterocycles. The lowest BCUT2D eigenvalue weighted by atomic mass is 9.95. The third kappa shape index (κ3) is 3.76. The van der Waals surface area contributed by atoms with Crippen LogP contribution in [0.2, 0.25) is 0 Å². The monoisotopic (exact) mass is 343 g/mol. The predicted octanol–water partition coefficient (Wildman–Crippen LogP) is 2.12. The number of fused-ring (bicyclic) bond motifs is 2. The van der Waals surface area contributed by atoms with E-state index in [2.05, 4.69) is 27.2 Å². The minimum Gasteiger partial charge on any atom is -0.497 e. The van der Waals surface area contributed by atoms with Crippen molar-refractivity contribution in [3.8, 4) is 5.75 Å². The largest absolute Gasteiger partial charge is 0.497 e. The van der Waals surface area contributed by atoms with Crippen molar-refractivity contribution >= 4 is 11.6 Å². The Morgan fingerprint density at radius 2 is 1.88 bits per heavy atom. The van der Waals surface area contributed by atoms with E-state index < -0.39 is 0 Å². The van der Waals surface area contributed by atoms with Crippen LogP contribution in [-0.2, 0) is 4.79 Å². The first-order chi connectivity index (χ1) is 12.2. The number of anilines is 1. The molecule has 3 aliphatic rings. The number of benzene rings is 1. The highest BCUT2D eigenvalue weighted by atomic mass is 16.5. The molecule has 3 atom stereocenters. The number of amides is 1. The number of rotatable bonds is 5. The van der Waals surface area contributed by atoms with E-state index in [-0.39, 0.29) is 5.91 Å². The quantitative estimate of drug-likeness (QED) is 0.889. The predicted molar refractivity (Wildman–Crippen MR) is 99.0 cm³/mol. The Hall–Kier alpha value is -1.75. The summed E-state index contributed by atoms with van der Waals surface area (Å²) in [5, 5.41) is 3.31. The van der Waals surface area contributed by atoms with Crippen LogP contribution in [0.4, 0.5) is 5.69 Å². The SMILES string of the molecule is COc1ccc(N2CCN(CC(=O)NC3CC4CCC3C4)CC2)cc1. The van der Waals surface area contributed by atoms with Crippen LogP contribution in [-0.4, -0.2) is 56.7 Å². The Morgan fingerprint density at radius 3 is 2.48 bits per heavy atom. The van der Waals surface area contributed by atoms with Crippen molar-refractivity contribution in [2.24, 2.45) is 11.8 Å². The Balaban J connectivity index is 1.22. The summed E-state index contributed by atoms with van der Waals surface area (Å²) in [5.41, 5.74) is 1.23. The molecule has 0 spiro atoms. The van der Waals surface area contributed by atoms with Crippen LogP contribution in [0.5, 0.6) is 5.75 Å². The fourth-order valence-corrected chi connectivity index (χ4v) is 4.83. The van der Waals surface area contributed by atoms with Crippen LogP contribution >= 0.6 is 0 Å². The van der Waals surface area contributed by atoms with Gasteiger partial charge in [-0.1, -0.05) is 6.42 Å². The molecule has 136 valence electrons. The number of hydrogen-bond acceptors (Lipinski definition) is 4. The van der Waals surface area contributed by atoms with Crippen molar-refractivity contribution in [1.29, 1.82) is 0 Å². The van der Waals surface area contributed by atoms with E-state index in [9.17, 15) is 4.79 Å². The standard InChI is InChI=1S/C20H29N3O2/c1-25-18-6-4-17(5-7-18)23-10-8-22(9-11-23)14-20(24)21-19-13-15-2-3-16(19)12-15/h4-7,15-16,19H,2-3,8-14H2,1H3,(H,21,24). The van der Waals surface area contributed by atoms with Gasteiger partial charge >= 0.3 is 0 Å². The summed E-state index contributed by atoms with van der Waals surface area (Å²) in [6, 6.07) is 8.67. The Kier molecular flexibility index (Phi) is 4.84. The Bertz CT molecular complexity index is 595. The van der Waals surface area contributed by atoms with Crippen molar-refractivity contribution < 1.29 is 9.53 Å². The van der Waals surface area contributed by atoms with Crippen molar-refractivity contribution in [3.05, 3.63) is 24.3 Å². The van der Waals surface area contributed by atoms with Crippen molar-refractivity contribution in [2.45, 2.75) is 31.7 Å². The maximum atomic E-state index is 12.4. The average molecular weight is 343 g/mol. The lowest BCUT2D eigenvalue weighted by molar-refractivity contribution is -0.123. The molecule has 2 aliphatic carbocycles. The van der Waals surface area contributed by atoms with E-state index in [0.29, 0.717) is 12.6 Å². The zero-order valence-electron chi connectivity index (χ0n) is 15.1. The Labute approximate surface area is 150 Å². The van der Waals surface area contributed by atoms with Gasteiger partial charge < -0.3 is 15.0 Å². The fourth-order valence-electron chi connectivity index (χ4n) is 4.83. The molecular formula is C20H29N3O2. The summed E-state index contributed by atoms with van der Waals surface area (Å²) in [6.07, 6.45) is 5.24. The molecule has 0 radical (unpaired) electrons. The van der Waals surface area contributed by atoms with Gasteiger partial charge in [-0.05, 0) is 55.4 Å². The molecule has 1 heterocycles. The fraction of sp³-hybridized carbons (Fsp3) is 0.650. The van der Waals surface area contributed by atoms with E-state index in [1.54, 1.807) is 7.11 Å². The molecule has 3 fully saturated rings. The Morgan fingerprint density at radius 1 is 1.12 bits per heavy atom. The maximum Gasteiger partial charge on any atom is 0.234 e. The van der Waals surface area contributed by atoms with Gasteiger partial charge in [0, 0.05) is 37.9 Å². The summed E-state index contributed by atoms with van der Waals surface area (Å²) in [7, 11) is 1.69.